The molecule has 0 aliphatic heterocycles. The first-order chi connectivity index (χ1) is 23.1. The van der Waals surface area contributed by atoms with Crippen LogP contribution in [-0.4, -0.2) is 112 Å². The van der Waals surface area contributed by atoms with Gasteiger partial charge in [-0.1, -0.05) is 0 Å². The van der Waals surface area contributed by atoms with E-state index in [4.69, 9.17) is 26.9 Å². The van der Waals surface area contributed by atoms with E-state index >= 15 is 0 Å². The summed E-state index contributed by atoms with van der Waals surface area (Å²) in [7, 11) is 0. The van der Waals surface area contributed by atoms with Gasteiger partial charge in [0.05, 0.1) is 0 Å². The number of carbonyl (C=O) groups excluding carboxylic acids is 2. The second kappa shape index (κ2) is 63.7. The van der Waals surface area contributed by atoms with Gasteiger partial charge in [-0.05, 0) is 23.0 Å². The number of aliphatic hydroxyl groups is 2. The van der Waals surface area contributed by atoms with Crippen molar-refractivity contribution in [3.05, 3.63) is 0 Å². The molecular formula is C32H72O10S4Sn2. The fourth-order valence-electron chi connectivity index (χ4n) is 2.81. The normalized spacial score (nSPS) is 9.29. The van der Waals surface area contributed by atoms with E-state index < -0.39 is 65.5 Å². The molecular weight excluding hydrogens is 910 g/mol. The first kappa shape index (κ1) is 61.7. The van der Waals surface area contributed by atoms with Gasteiger partial charge in [0.25, 0.3) is 0 Å². The molecule has 0 heterocycles. The van der Waals surface area contributed by atoms with Crippen LogP contribution in [-0.2, 0) is 25.5 Å². The van der Waals surface area contributed by atoms with Gasteiger partial charge in [0, 0.05) is 0 Å². The van der Waals surface area contributed by atoms with Gasteiger partial charge in [0.15, 0.2) is 0 Å². The standard InChI is InChI=1S/2C4H9O.4C4H9.2C2H4O4.2C2H6S2.2Sn/c2*1-2-3-4-5;4*1-3-4-2;2*3-1-2(4)6-5;2*3-1-2-4;;/h2*2-4H2,1H3;4*1,3-4H2,2H3;2*3,5H,1H2;2*3-4H,1-2H2;;/q2*-1;;;;;;;;;2*+2/p-2. The van der Waals surface area contributed by atoms with Gasteiger partial charge in [-0.15, -0.1) is 0 Å². The van der Waals surface area contributed by atoms with Crippen LogP contribution < -0.4 is 10.5 Å². The SMILES string of the molecule is CCCC[O][Sn+]([CH2]CCC)[CH2]CCC.CCCC[O][Sn+]([CH2]CCC)[CH2]CCC.O=C(CO)O[O-].O=C(CO)O[O-].SCCS.SCCS. The van der Waals surface area contributed by atoms with Gasteiger partial charge in [-0.2, -0.15) is 50.5 Å². The minimum absolute atomic E-state index is 0.844. The molecule has 48 heavy (non-hydrogen) atoms. The Hall–Kier alpha value is 1.70. The Kier molecular flexibility index (Phi) is 81.9. The predicted molar refractivity (Wildman–Crippen MR) is 214 cm³/mol. The van der Waals surface area contributed by atoms with Crippen molar-refractivity contribution in [2.75, 3.05) is 49.4 Å². The molecule has 0 amide bonds. The van der Waals surface area contributed by atoms with Crippen molar-refractivity contribution < 1.29 is 46.2 Å². The third-order valence-electron chi connectivity index (χ3n) is 5.49. The molecule has 0 radical (unpaired) electrons. The molecule has 0 aromatic carbocycles. The van der Waals surface area contributed by atoms with Gasteiger partial charge in [0.2, 0.25) is 0 Å². The molecule has 0 spiro atoms. The van der Waals surface area contributed by atoms with Gasteiger partial charge in [0.1, 0.15) is 13.2 Å². The minimum Gasteiger partial charge on any atom is -0.662 e. The molecule has 0 fully saturated rings. The summed E-state index contributed by atoms with van der Waals surface area (Å²) in [6.07, 6.45) is 16.1. The second-order valence-corrected chi connectivity index (χ2v) is 25.3. The first-order valence-corrected chi connectivity index (χ1v) is 30.3. The largest absolute Gasteiger partial charge is 0.662 e. The van der Waals surface area contributed by atoms with Crippen LogP contribution in [0, 0.1) is 0 Å². The number of hydrogen-bond donors (Lipinski definition) is 6. The van der Waals surface area contributed by atoms with Crippen molar-refractivity contribution in [1.29, 1.82) is 0 Å². The molecule has 0 aliphatic rings. The zero-order chi connectivity index (χ0) is 38.1. The van der Waals surface area contributed by atoms with Crippen molar-refractivity contribution in [2.24, 2.45) is 0 Å². The smallest absolute Gasteiger partial charge is 0.326 e. The van der Waals surface area contributed by atoms with E-state index in [1.54, 1.807) is 0 Å². The molecule has 0 unspecified atom stereocenters. The minimum atomic E-state index is -1.36. The molecule has 0 saturated carbocycles. The molecule has 292 valence electrons. The van der Waals surface area contributed by atoms with Crippen molar-refractivity contribution >= 4 is 103 Å². The van der Waals surface area contributed by atoms with E-state index in [0.717, 1.165) is 36.2 Å². The van der Waals surface area contributed by atoms with Crippen LogP contribution in [0.25, 0.3) is 0 Å². The fraction of sp³-hybridized carbons (Fsp3) is 0.938. The number of rotatable bonds is 24. The molecule has 0 rings (SSSR count). The molecule has 0 atom stereocenters. The molecule has 0 aromatic rings. The van der Waals surface area contributed by atoms with Crippen LogP contribution in [0.15, 0.2) is 0 Å². The molecule has 10 nitrogen and oxygen atoms in total. The summed E-state index contributed by atoms with van der Waals surface area (Å²) in [5.41, 5.74) is 0. The Morgan fingerprint density at radius 2 is 0.729 bits per heavy atom. The Balaban J connectivity index is -0.000000120. The average Bonchev–Trinajstić information content (AvgIpc) is 3.13. The number of hydrogen-bond acceptors (Lipinski definition) is 14. The van der Waals surface area contributed by atoms with Crippen LogP contribution in [0.2, 0.25) is 17.7 Å². The van der Waals surface area contributed by atoms with Crippen molar-refractivity contribution in [3.8, 4) is 0 Å². The maximum absolute atomic E-state index is 9.40. The molecule has 0 saturated heterocycles. The van der Waals surface area contributed by atoms with Gasteiger partial charge < -0.3 is 30.5 Å². The molecule has 0 aromatic heterocycles. The Bertz CT molecular complexity index is 487. The van der Waals surface area contributed by atoms with Gasteiger partial charge in [-0.25, -0.2) is 9.59 Å². The van der Waals surface area contributed by atoms with Crippen LogP contribution in [0.3, 0.4) is 0 Å². The van der Waals surface area contributed by atoms with Gasteiger partial charge >= 0.3 is 208 Å². The monoisotopic (exact) mass is 984 g/mol. The average molecular weight is 983 g/mol. The summed E-state index contributed by atoms with van der Waals surface area (Å²) < 4.78 is 18.0. The summed E-state index contributed by atoms with van der Waals surface area (Å²) in [5.74, 6) is 1.20. The third kappa shape index (κ3) is 73.2. The molecule has 0 aliphatic carbocycles. The third-order valence-corrected chi connectivity index (χ3v) is 21.0. The predicted octanol–water partition coefficient (Wildman–Crippen LogP) is 6.08. The van der Waals surface area contributed by atoms with Crippen LogP contribution >= 0.6 is 50.5 Å². The Labute approximate surface area is 332 Å². The number of carbonyl (C=O) groups is 2. The Morgan fingerprint density at radius 1 is 0.500 bits per heavy atom. The quantitative estimate of drug-likeness (QED) is 0.0221. The van der Waals surface area contributed by atoms with Crippen LogP contribution in [0.4, 0.5) is 0 Å². The summed E-state index contributed by atoms with van der Waals surface area (Å²) in [4.78, 5) is 24.3. The van der Waals surface area contributed by atoms with E-state index in [2.05, 4.69) is 102 Å². The van der Waals surface area contributed by atoms with Crippen LogP contribution in [0.1, 0.15) is 119 Å². The first-order valence-electron chi connectivity index (χ1n) is 17.4. The summed E-state index contributed by atoms with van der Waals surface area (Å²) in [5, 5.41) is 33.0. The topological polar surface area (TPSA) is 158 Å². The van der Waals surface area contributed by atoms with E-state index in [-0.39, 0.29) is 0 Å². The van der Waals surface area contributed by atoms with E-state index in [0.29, 0.717) is 0 Å². The number of unbranched alkanes of at least 4 members (excludes halogenated alkanes) is 6. The molecule has 16 heteroatoms. The van der Waals surface area contributed by atoms with Crippen molar-refractivity contribution in [2.45, 2.75) is 136 Å². The zero-order valence-electron chi connectivity index (χ0n) is 30.9. The summed E-state index contributed by atoms with van der Waals surface area (Å²) in [6, 6.07) is 0. The van der Waals surface area contributed by atoms with Gasteiger partial charge in [-0.3, -0.25) is 0 Å². The summed E-state index contributed by atoms with van der Waals surface area (Å²) >= 11 is 12.7. The molecule has 0 bridgehead atoms. The van der Waals surface area contributed by atoms with Crippen molar-refractivity contribution in [3.63, 3.8) is 0 Å². The second-order valence-electron chi connectivity index (χ2n) is 10.0. The summed E-state index contributed by atoms with van der Waals surface area (Å²) in [6.45, 7) is 14.0. The van der Waals surface area contributed by atoms with E-state index in [9.17, 15) is 9.59 Å². The van der Waals surface area contributed by atoms with E-state index in [1.165, 1.54) is 94.8 Å². The molecule has 2 N–H and O–H groups in total. The maximum atomic E-state index is 9.40. The van der Waals surface area contributed by atoms with E-state index in [1.807, 2.05) is 0 Å². The van der Waals surface area contributed by atoms with Crippen molar-refractivity contribution in [1.82, 2.24) is 0 Å². The maximum Gasteiger partial charge on any atom is 0.326 e. The zero-order valence-corrected chi connectivity index (χ0v) is 40.2. The number of aliphatic hydroxyl groups excluding tert-OH is 2. The van der Waals surface area contributed by atoms with Crippen LogP contribution in [0.5, 0.6) is 0 Å². The Morgan fingerprint density at radius 3 is 0.854 bits per heavy atom. The fourth-order valence-corrected chi connectivity index (χ4v) is 16.9. The number of thiol groups is 4.